The second-order valence-corrected chi connectivity index (χ2v) is 8.84. The molecule has 3 heterocycles. The van der Waals surface area contributed by atoms with Gasteiger partial charge in [-0.2, -0.15) is 0 Å². The molecule has 9 nitrogen and oxygen atoms in total. The van der Waals surface area contributed by atoms with Gasteiger partial charge >= 0.3 is 5.97 Å². The Morgan fingerprint density at radius 3 is 2.40 bits per heavy atom. The van der Waals surface area contributed by atoms with Crippen molar-refractivity contribution in [1.82, 2.24) is 5.32 Å². The summed E-state index contributed by atoms with van der Waals surface area (Å²) in [5.41, 5.74) is 2.69. The lowest BCUT2D eigenvalue weighted by Gasteiger charge is -2.39. The fourth-order valence-electron chi connectivity index (χ4n) is 5.54. The van der Waals surface area contributed by atoms with Gasteiger partial charge in [-0.15, -0.1) is 0 Å². The second-order valence-electron chi connectivity index (χ2n) is 8.84. The predicted molar refractivity (Wildman–Crippen MR) is 122 cm³/mol. The summed E-state index contributed by atoms with van der Waals surface area (Å²) in [7, 11) is 2.96. The molecule has 2 N–H and O–H groups in total. The van der Waals surface area contributed by atoms with Crippen LogP contribution in [-0.2, 0) is 16.1 Å². The molecule has 0 spiro atoms. The number of cyclic esters (lactones) is 1. The third kappa shape index (κ3) is 3.46. The molecule has 0 bridgehead atoms. The zero-order valence-corrected chi connectivity index (χ0v) is 19.3. The first kappa shape index (κ1) is 21.7. The monoisotopic (exact) mass is 479 g/mol. The van der Waals surface area contributed by atoms with Gasteiger partial charge in [-0.05, 0) is 53.1 Å². The number of fused-ring (bicyclic) bond motifs is 3. The van der Waals surface area contributed by atoms with E-state index in [1.165, 1.54) is 14.2 Å². The number of phenolic OH excluding ortho intramolecular Hbond substituents is 1. The third-order valence-corrected chi connectivity index (χ3v) is 7.12. The maximum atomic E-state index is 13.2. The Hall–Kier alpha value is -3.85. The highest BCUT2D eigenvalue weighted by Crippen LogP contribution is 2.55. The predicted octanol–water partition coefficient (Wildman–Crippen LogP) is 3.50. The Morgan fingerprint density at radius 1 is 1.03 bits per heavy atom. The Balaban J connectivity index is 1.52. The summed E-state index contributed by atoms with van der Waals surface area (Å²) in [5, 5.41) is 14.1. The van der Waals surface area contributed by atoms with Crippen LogP contribution in [0.5, 0.6) is 28.7 Å². The molecule has 1 aliphatic carbocycles. The highest BCUT2D eigenvalue weighted by molar-refractivity contribution is 5.79. The number of furan rings is 1. The Morgan fingerprint density at radius 2 is 1.74 bits per heavy atom. The molecule has 4 atom stereocenters. The van der Waals surface area contributed by atoms with Crippen molar-refractivity contribution in [2.45, 2.75) is 18.5 Å². The van der Waals surface area contributed by atoms with Crippen LogP contribution in [0.2, 0.25) is 0 Å². The van der Waals surface area contributed by atoms with E-state index in [9.17, 15) is 9.90 Å². The number of methoxy groups -OCH3 is 2. The third-order valence-electron chi connectivity index (χ3n) is 7.12. The van der Waals surface area contributed by atoms with E-state index in [1.807, 2.05) is 24.3 Å². The van der Waals surface area contributed by atoms with Gasteiger partial charge in [0.25, 0.3) is 0 Å². The van der Waals surface area contributed by atoms with Crippen LogP contribution in [0.25, 0.3) is 0 Å². The van der Waals surface area contributed by atoms with Gasteiger partial charge in [0.2, 0.25) is 12.5 Å². The molecule has 2 aliphatic heterocycles. The standard InChI is InChI=1S/C26H25NO8/c1-30-20-6-13(7-21(31-2)25(20)28)22-15-8-18-19(35-12-34-18)9-16(15)24(17-11-33-26(29)23(17)22)27-10-14-4-3-5-32-14/h3-9,17,22-24,27-28H,10-12H2,1-2H3/t17-,22+,23-,24+/m0/s1. The van der Waals surface area contributed by atoms with Crippen LogP contribution >= 0.6 is 0 Å². The summed E-state index contributed by atoms with van der Waals surface area (Å²) in [5.74, 6) is 1.29. The molecule has 6 rings (SSSR count). The largest absolute Gasteiger partial charge is 0.502 e. The number of phenols is 1. The number of hydrogen-bond acceptors (Lipinski definition) is 9. The van der Waals surface area contributed by atoms with E-state index in [4.69, 9.17) is 28.1 Å². The summed E-state index contributed by atoms with van der Waals surface area (Å²) >= 11 is 0. The molecule has 9 heteroatoms. The SMILES string of the molecule is COc1cc([C@@H]2c3cc4c(cc3[C@@H](NCc3ccco3)[C@H]3COC(=O)[C@H]23)OCO4)cc(OC)c1O. The van der Waals surface area contributed by atoms with Crippen molar-refractivity contribution in [3.05, 3.63) is 65.1 Å². The zero-order valence-electron chi connectivity index (χ0n) is 19.3. The summed E-state index contributed by atoms with van der Waals surface area (Å²) in [6.07, 6.45) is 1.64. The lowest BCUT2D eigenvalue weighted by atomic mass is 9.65. The van der Waals surface area contributed by atoms with Gasteiger partial charge in [-0.3, -0.25) is 4.79 Å². The molecule has 182 valence electrons. The Labute approximate surface area is 201 Å². The number of aromatic hydroxyl groups is 1. The number of nitrogens with one attached hydrogen (secondary N) is 1. The molecule has 0 amide bonds. The summed E-state index contributed by atoms with van der Waals surface area (Å²) in [4.78, 5) is 13.2. The lowest BCUT2D eigenvalue weighted by molar-refractivity contribution is -0.141. The summed E-state index contributed by atoms with van der Waals surface area (Å²) in [6.45, 7) is 0.924. The second kappa shape index (κ2) is 8.42. The van der Waals surface area contributed by atoms with Crippen LogP contribution < -0.4 is 24.3 Å². The van der Waals surface area contributed by atoms with E-state index in [-0.39, 0.29) is 54.5 Å². The topological polar surface area (TPSA) is 109 Å². The van der Waals surface area contributed by atoms with Crippen molar-refractivity contribution in [2.24, 2.45) is 11.8 Å². The Bertz CT molecular complexity index is 1250. The van der Waals surface area contributed by atoms with Crippen molar-refractivity contribution < 1.29 is 38.0 Å². The van der Waals surface area contributed by atoms with Gasteiger partial charge in [0, 0.05) is 17.9 Å². The van der Waals surface area contributed by atoms with Crippen LogP contribution in [0.3, 0.4) is 0 Å². The lowest BCUT2D eigenvalue weighted by Crippen LogP contribution is -2.40. The van der Waals surface area contributed by atoms with Crippen LogP contribution in [0.1, 0.15) is 34.4 Å². The van der Waals surface area contributed by atoms with E-state index in [0.29, 0.717) is 18.0 Å². The maximum Gasteiger partial charge on any atom is 0.310 e. The van der Waals surface area contributed by atoms with Gasteiger partial charge in [0.15, 0.2) is 23.0 Å². The number of esters is 1. The van der Waals surface area contributed by atoms with E-state index >= 15 is 0 Å². The zero-order chi connectivity index (χ0) is 24.1. The van der Waals surface area contributed by atoms with Gasteiger partial charge < -0.3 is 38.5 Å². The first-order valence-corrected chi connectivity index (χ1v) is 11.4. The number of hydrogen-bond donors (Lipinski definition) is 2. The molecule has 35 heavy (non-hydrogen) atoms. The van der Waals surface area contributed by atoms with E-state index < -0.39 is 5.92 Å². The van der Waals surface area contributed by atoms with Crippen molar-refractivity contribution in [3.63, 3.8) is 0 Å². The first-order valence-electron chi connectivity index (χ1n) is 11.4. The van der Waals surface area contributed by atoms with Gasteiger partial charge in [-0.1, -0.05) is 0 Å². The molecule has 1 fully saturated rings. The first-order chi connectivity index (χ1) is 17.1. The Kier molecular flexibility index (Phi) is 5.21. The maximum absolute atomic E-state index is 13.2. The molecule has 0 radical (unpaired) electrons. The minimum absolute atomic E-state index is 0.0935. The summed E-state index contributed by atoms with van der Waals surface area (Å²) in [6, 6.07) is 11.0. The van der Waals surface area contributed by atoms with E-state index in [1.54, 1.807) is 18.4 Å². The minimum atomic E-state index is -0.462. The molecular formula is C26H25NO8. The quantitative estimate of drug-likeness (QED) is 0.514. The van der Waals surface area contributed by atoms with E-state index in [2.05, 4.69) is 5.32 Å². The molecule has 0 saturated carbocycles. The average molecular weight is 479 g/mol. The number of ether oxygens (including phenoxy) is 5. The number of rotatable bonds is 6. The molecule has 3 aliphatic rings. The van der Waals surface area contributed by atoms with Crippen molar-refractivity contribution in [3.8, 4) is 28.7 Å². The number of carbonyl (C=O) groups excluding carboxylic acids is 1. The minimum Gasteiger partial charge on any atom is -0.502 e. The molecule has 1 aromatic heterocycles. The van der Waals surface area contributed by atoms with Crippen molar-refractivity contribution in [1.29, 1.82) is 0 Å². The van der Waals surface area contributed by atoms with Crippen LogP contribution in [0.15, 0.2) is 47.1 Å². The van der Waals surface area contributed by atoms with Gasteiger partial charge in [0.05, 0.1) is 39.6 Å². The molecule has 2 aromatic carbocycles. The smallest absolute Gasteiger partial charge is 0.310 e. The average Bonchev–Trinajstić information content (AvgIpc) is 3.63. The summed E-state index contributed by atoms with van der Waals surface area (Å²) < 4.78 is 33.3. The van der Waals surface area contributed by atoms with Crippen molar-refractivity contribution >= 4 is 5.97 Å². The van der Waals surface area contributed by atoms with Crippen LogP contribution in [0, 0.1) is 11.8 Å². The molecule has 3 aromatic rings. The van der Waals surface area contributed by atoms with Gasteiger partial charge in [-0.25, -0.2) is 0 Å². The molecule has 1 saturated heterocycles. The highest BCUT2D eigenvalue weighted by atomic mass is 16.7. The highest BCUT2D eigenvalue weighted by Gasteiger charge is 2.52. The number of benzene rings is 2. The normalized spacial score (nSPS) is 24.0. The van der Waals surface area contributed by atoms with E-state index in [0.717, 1.165) is 22.5 Å². The van der Waals surface area contributed by atoms with Crippen LogP contribution in [0.4, 0.5) is 0 Å². The molecular weight excluding hydrogens is 454 g/mol. The fraction of sp³-hybridized carbons (Fsp3) is 0.346. The molecule has 0 unspecified atom stereocenters. The van der Waals surface area contributed by atoms with Gasteiger partial charge in [0.1, 0.15) is 5.76 Å². The van der Waals surface area contributed by atoms with Crippen LogP contribution in [-0.4, -0.2) is 38.7 Å². The fourth-order valence-corrected chi connectivity index (χ4v) is 5.54. The van der Waals surface area contributed by atoms with Crippen molar-refractivity contribution in [2.75, 3.05) is 27.6 Å². The number of carbonyl (C=O) groups is 1.